The highest BCUT2D eigenvalue weighted by molar-refractivity contribution is 7.93. The van der Waals surface area contributed by atoms with Crippen molar-refractivity contribution >= 4 is 9.73 Å². The maximum Gasteiger partial charge on any atom is 0.0867 e. The van der Waals surface area contributed by atoms with Crippen molar-refractivity contribution in [1.29, 1.82) is 0 Å². The zero-order valence-electron chi connectivity index (χ0n) is 14.3. The molecular weight excluding hydrogens is 306 g/mol. The molecule has 4 heteroatoms. The van der Waals surface area contributed by atoms with E-state index in [2.05, 4.69) is 24.8 Å². The Morgan fingerprint density at radius 1 is 1.39 bits per heavy atom. The van der Waals surface area contributed by atoms with Gasteiger partial charge < -0.3 is 5.11 Å². The van der Waals surface area contributed by atoms with Gasteiger partial charge in [-0.2, -0.15) is 0 Å². The zero-order valence-corrected chi connectivity index (χ0v) is 15.1. The van der Waals surface area contributed by atoms with Crippen LogP contribution in [0, 0.1) is 17.3 Å². The van der Waals surface area contributed by atoms with Crippen LogP contribution in [0.4, 0.5) is 0 Å². The normalized spacial score (nSPS) is 39.0. The van der Waals surface area contributed by atoms with Gasteiger partial charge >= 0.3 is 0 Å². The van der Waals surface area contributed by atoms with E-state index in [0.29, 0.717) is 23.2 Å². The second kappa shape index (κ2) is 5.45. The van der Waals surface area contributed by atoms with Gasteiger partial charge in [-0.05, 0) is 43.2 Å². The van der Waals surface area contributed by atoms with Crippen molar-refractivity contribution in [2.75, 3.05) is 12.8 Å². The second-order valence-corrected chi connectivity index (χ2v) is 9.90. The van der Waals surface area contributed by atoms with Crippen LogP contribution in [0.3, 0.4) is 0 Å². The molecule has 0 spiro atoms. The van der Waals surface area contributed by atoms with E-state index in [-0.39, 0.29) is 11.2 Å². The molecule has 1 N–H and O–H groups in total. The first-order chi connectivity index (χ1) is 10.8. The lowest BCUT2D eigenvalue weighted by molar-refractivity contribution is -0.0641. The van der Waals surface area contributed by atoms with E-state index in [1.54, 1.807) is 7.05 Å². The molecule has 3 rings (SSSR count). The third kappa shape index (κ3) is 2.38. The van der Waals surface area contributed by atoms with E-state index < -0.39 is 15.3 Å². The Kier molecular flexibility index (Phi) is 3.96. The summed E-state index contributed by atoms with van der Waals surface area (Å²) in [6.45, 7) is 8.58. The highest BCUT2D eigenvalue weighted by Crippen LogP contribution is 2.61. The Morgan fingerprint density at radius 3 is 2.65 bits per heavy atom. The lowest BCUT2D eigenvalue weighted by atomic mass is 9.61. The van der Waals surface area contributed by atoms with Crippen molar-refractivity contribution < 1.29 is 9.32 Å². The number of nitrogens with zero attached hydrogens (tertiary/aromatic N) is 1. The van der Waals surface area contributed by atoms with E-state index in [4.69, 9.17) is 0 Å². The molecule has 0 aliphatic heterocycles. The van der Waals surface area contributed by atoms with Gasteiger partial charge in [-0.3, -0.25) is 0 Å². The molecule has 0 heterocycles. The first kappa shape index (κ1) is 16.7. The summed E-state index contributed by atoms with van der Waals surface area (Å²) in [6.07, 6.45) is 2.67. The van der Waals surface area contributed by atoms with Crippen LogP contribution in [-0.2, 0) is 9.73 Å². The second-order valence-electron chi connectivity index (χ2n) is 7.50. The quantitative estimate of drug-likeness (QED) is 0.853. The fraction of sp³-hybridized carbons (Fsp3) is 0.579. The molecule has 2 aliphatic rings. The highest BCUT2D eigenvalue weighted by atomic mass is 32.2. The molecular formula is C19H27NO2S. The van der Waals surface area contributed by atoms with Crippen LogP contribution in [0.2, 0.25) is 0 Å². The first-order valence-electron chi connectivity index (χ1n) is 8.35. The van der Waals surface area contributed by atoms with E-state index in [0.717, 1.165) is 18.4 Å². The standard InChI is InChI=1S/C19H27NO2S/c1-14-12-19(21,18(3)11-10-17(14)15(18)2)13-23(22,20-4)16-8-6-5-7-9-16/h5-9,14,17,21H,2,10-13H2,1,3-4H3/t14-,17-,18+,19-,23-/m0/s1. The van der Waals surface area contributed by atoms with E-state index in [9.17, 15) is 9.32 Å². The summed E-state index contributed by atoms with van der Waals surface area (Å²) in [5, 5.41) is 11.6. The molecule has 0 radical (unpaired) electrons. The van der Waals surface area contributed by atoms with Crippen LogP contribution >= 0.6 is 0 Å². The number of fused-ring (bicyclic) bond motifs is 2. The van der Waals surface area contributed by atoms with Crippen molar-refractivity contribution in [3.05, 3.63) is 42.5 Å². The molecule has 126 valence electrons. The van der Waals surface area contributed by atoms with Gasteiger partial charge in [0.05, 0.1) is 21.1 Å². The van der Waals surface area contributed by atoms with Crippen molar-refractivity contribution in [1.82, 2.24) is 0 Å². The predicted octanol–water partition coefficient (Wildman–Crippen LogP) is 3.89. The van der Waals surface area contributed by atoms with E-state index >= 15 is 0 Å². The Balaban J connectivity index is 2.04. The number of hydrogen-bond acceptors (Lipinski definition) is 3. The monoisotopic (exact) mass is 333 g/mol. The number of rotatable bonds is 3. The first-order valence-corrected chi connectivity index (χ1v) is 10.0. The summed E-state index contributed by atoms with van der Waals surface area (Å²) in [6, 6.07) is 9.35. The van der Waals surface area contributed by atoms with Crippen molar-refractivity contribution in [2.24, 2.45) is 21.6 Å². The fourth-order valence-corrected chi connectivity index (χ4v) is 6.85. The summed E-state index contributed by atoms with van der Waals surface area (Å²) >= 11 is 0. The molecule has 0 aromatic heterocycles. The molecule has 1 aromatic carbocycles. The van der Waals surface area contributed by atoms with Crippen molar-refractivity contribution in [2.45, 2.75) is 43.6 Å². The number of benzene rings is 1. The Hall–Kier alpha value is -1.13. The molecule has 23 heavy (non-hydrogen) atoms. The Labute approximate surface area is 140 Å². The molecule has 3 nitrogen and oxygen atoms in total. The van der Waals surface area contributed by atoms with Crippen LogP contribution in [-0.4, -0.2) is 27.7 Å². The average molecular weight is 333 g/mol. The predicted molar refractivity (Wildman–Crippen MR) is 94.8 cm³/mol. The van der Waals surface area contributed by atoms with Gasteiger partial charge in [0, 0.05) is 17.4 Å². The molecule has 2 fully saturated rings. The Bertz CT molecular complexity index is 735. The van der Waals surface area contributed by atoms with Gasteiger partial charge in [-0.25, -0.2) is 8.57 Å². The van der Waals surface area contributed by atoms with Gasteiger partial charge in [0.2, 0.25) is 0 Å². The van der Waals surface area contributed by atoms with Gasteiger partial charge in [0.25, 0.3) is 0 Å². The molecule has 0 saturated heterocycles. The van der Waals surface area contributed by atoms with Crippen molar-refractivity contribution in [3.63, 3.8) is 0 Å². The highest BCUT2D eigenvalue weighted by Gasteiger charge is 2.59. The molecule has 2 aliphatic carbocycles. The third-order valence-electron chi connectivity index (χ3n) is 6.33. The minimum absolute atomic E-state index is 0.188. The summed E-state index contributed by atoms with van der Waals surface area (Å²) < 4.78 is 17.7. The fourth-order valence-electron chi connectivity index (χ4n) is 4.68. The van der Waals surface area contributed by atoms with Gasteiger partial charge in [-0.1, -0.05) is 44.2 Å². The van der Waals surface area contributed by atoms with Gasteiger partial charge in [0.15, 0.2) is 0 Å². The smallest absolute Gasteiger partial charge is 0.0867 e. The number of aliphatic hydroxyl groups is 1. The molecule has 0 unspecified atom stereocenters. The van der Waals surface area contributed by atoms with Crippen LogP contribution in [0.15, 0.2) is 51.7 Å². The van der Waals surface area contributed by atoms with Crippen LogP contribution in [0.5, 0.6) is 0 Å². The molecule has 0 amide bonds. The van der Waals surface area contributed by atoms with Gasteiger partial charge in [0.1, 0.15) is 0 Å². The largest absolute Gasteiger partial charge is 0.388 e. The summed E-state index contributed by atoms with van der Waals surface area (Å²) in [4.78, 5) is 0.706. The summed E-state index contributed by atoms with van der Waals surface area (Å²) in [5.74, 6) is 1.05. The topological polar surface area (TPSA) is 49.7 Å². The molecule has 2 bridgehead atoms. The minimum Gasteiger partial charge on any atom is -0.388 e. The van der Waals surface area contributed by atoms with E-state index in [1.165, 1.54) is 0 Å². The maximum absolute atomic E-state index is 13.5. The van der Waals surface area contributed by atoms with Gasteiger partial charge in [-0.15, -0.1) is 0 Å². The van der Waals surface area contributed by atoms with Crippen LogP contribution in [0.25, 0.3) is 0 Å². The third-order valence-corrected chi connectivity index (χ3v) is 8.79. The molecule has 1 aromatic rings. The number of hydrogen-bond donors (Lipinski definition) is 1. The van der Waals surface area contributed by atoms with E-state index in [1.807, 2.05) is 30.3 Å². The molecule has 2 saturated carbocycles. The summed E-state index contributed by atoms with van der Waals surface area (Å²) in [7, 11) is -1.04. The lowest BCUT2D eigenvalue weighted by Gasteiger charge is -2.50. The minimum atomic E-state index is -2.64. The lowest BCUT2D eigenvalue weighted by Crippen LogP contribution is -2.54. The summed E-state index contributed by atoms with van der Waals surface area (Å²) in [5.41, 5.74) is -0.223. The Morgan fingerprint density at radius 2 is 2.04 bits per heavy atom. The van der Waals surface area contributed by atoms with Crippen molar-refractivity contribution in [3.8, 4) is 0 Å². The zero-order chi connectivity index (χ0) is 16.9. The average Bonchev–Trinajstić information content (AvgIpc) is 2.80. The molecule has 5 atom stereocenters. The van der Waals surface area contributed by atoms with Crippen LogP contribution in [0.1, 0.15) is 33.1 Å². The van der Waals surface area contributed by atoms with Crippen LogP contribution < -0.4 is 0 Å². The SMILES string of the molecule is C=C1[C@H]2CC[C@@]1(C)[C@@](O)(C[S@@](=O)(=NC)c1ccccc1)C[C@@H]2C. The maximum atomic E-state index is 13.5.